The van der Waals surface area contributed by atoms with Crippen molar-refractivity contribution in [3.8, 4) is 0 Å². The zero-order valence-corrected chi connectivity index (χ0v) is 12.8. The fourth-order valence-corrected chi connectivity index (χ4v) is 1.47. The molecule has 6 nitrogen and oxygen atoms in total. The topological polar surface area (TPSA) is 79.6 Å². The number of non-ortho nitro benzene ring substituents is 1. The number of nitro groups is 1. The molecule has 1 aromatic carbocycles. The minimum atomic E-state index is -0.427. The van der Waals surface area contributed by atoms with Crippen molar-refractivity contribution in [2.45, 2.75) is 13.8 Å². The number of nitrogens with zero attached hydrogens (tertiary/aromatic N) is 2. The Morgan fingerprint density at radius 3 is 2.67 bits per heavy atom. The first-order chi connectivity index (χ1) is 9.99. The highest BCUT2D eigenvalue weighted by Crippen LogP contribution is 2.12. The molecule has 1 aromatic rings. The third-order valence-electron chi connectivity index (χ3n) is 2.39. The SMILES string of the molecule is CC(C)CNC(=S)N/N=C\C=C\c1ccc([N+](=O)[O-])cc1. The van der Waals surface area contributed by atoms with Crippen molar-refractivity contribution in [1.82, 2.24) is 10.7 Å². The summed E-state index contributed by atoms with van der Waals surface area (Å²) in [7, 11) is 0. The van der Waals surface area contributed by atoms with Gasteiger partial charge in [0, 0.05) is 24.9 Å². The number of hydrogen-bond acceptors (Lipinski definition) is 4. The Balaban J connectivity index is 2.38. The van der Waals surface area contributed by atoms with Crippen LogP contribution in [0.5, 0.6) is 0 Å². The average Bonchev–Trinajstić information content (AvgIpc) is 2.45. The minimum Gasteiger partial charge on any atom is -0.361 e. The van der Waals surface area contributed by atoms with Crippen molar-refractivity contribution in [2.75, 3.05) is 6.54 Å². The standard InChI is InChI=1S/C14H18N4O2S/c1-11(2)10-15-14(21)17-16-9-3-4-12-5-7-13(8-6-12)18(19)20/h3-9,11H,10H2,1-2H3,(H2,15,17,21)/b4-3+,16-9-. The largest absolute Gasteiger partial charge is 0.361 e. The van der Waals surface area contributed by atoms with Gasteiger partial charge in [0.2, 0.25) is 0 Å². The molecule has 0 amide bonds. The Morgan fingerprint density at radius 2 is 2.10 bits per heavy atom. The molecule has 0 heterocycles. The van der Waals surface area contributed by atoms with E-state index in [0.717, 1.165) is 12.1 Å². The lowest BCUT2D eigenvalue weighted by Crippen LogP contribution is -2.34. The lowest BCUT2D eigenvalue weighted by molar-refractivity contribution is -0.384. The van der Waals surface area contributed by atoms with Crippen LogP contribution in [-0.4, -0.2) is 22.8 Å². The Bertz CT molecular complexity index is 538. The second kappa shape index (κ2) is 8.80. The first kappa shape index (κ1) is 16.8. The predicted molar refractivity (Wildman–Crippen MR) is 89.2 cm³/mol. The van der Waals surface area contributed by atoms with Gasteiger partial charge in [-0.2, -0.15) is 5.10 Å². The third-order valence-corrected chi connectivity index (χ3v) is 2.63. The Labute approximate surface area is 129 Å². The van der Waals surface area contributed by atoms with Gasteiger partial charge in [0.25, 0.3) is 5.69 Å². The van der Waals surface area contributed by atoms with E-state index in [0.29, 0.717) is 11.0 Å². The van der Waals surface area contributed by atoms with Gasteiger partial charge in [-0.25, -0.2) is 0 Å². The van der Waals surface area contributed by atoms with Crippen molar-refractivity contribution >= 4 is 35.3 Å². The molecule has 0 saturated carbocycles. The van der Waals surface area contributed by atoms with E-state index in [-0.39, 0.29) is 5.69 Å². The van der Waals surface area contributed by atoms with Gasteiger partial charge in [0.15, 0.2) is 5.11 Å². The molecule has 0 bridgehead atoms. The minimum absolute atomic E-state index is 0.0732. The fraction of sp³-hybridized carbons (Fsp3) is 0.286. The van der Waals surface area contributed by atoms with Crippen LogP contribution in [0.4, 0.5) is 5.69 Å². The van der Waals surface area contributed by atoms with Crippen LogP contribution in [0.15, 0.2) is 35.4 Å². The highest BCUT2D eigenvalue weighted by Gasteiger charge is 2.01. The molecule has 2 N–H and O–H groups in total. The quantitative estimate of drug-likeness (QED) is 0.365. The molecule has 0 unspecified atom stereocenters. The molecule has 21 heavy (non-hydrogen) atoms. The van der Waals surface area contributed by atoms with E-state index in [2.05, 4.69) is 29.7 Å². The maximum absolute atomic E-state index is 10.5. The van der Waals surface area contributed by atoms with Crippen molar-refractivity contribution < 1.29 is 4.92 Å². The second-order valence-corrected chi connectivity index (χ2v) is 5.11. The molecule has 0 aliphatic carbocycles. The summed E-state index contributed by atoms with van der Waals surface area (Å²) >= 11 is 5.03. The highest BCUT2D eigenvalue weighted by molar-refractivity contribution is 7.80. The van der Waals surface area contributed by atoms with E-state index < -0.39 is 4.92 Å². The summed E-state index contributed by atoms with van der Waals surface area (Å²) in [5.74, 6) is 0.510. The first-order valence-electron chi connectivity index (χ1n) is 6.47. The van der Waals surface area contributed by atoms with Crippen LogP contribution >= 0.6 is 12.2 Å². The van der Waals surface area contributed by atoms with E-state index >= 15 is 0 Å². The molecule has 0 aromatic heterocycles. The number of nitro benzene ring substituents is 1. The summed E-state index contributed by atoms with van der Waals surface area (Å²) in [5, 5.41) is 17.9. The average molecular weight is 306 g/mol. The monoisotopic (exact) mass is 306 g/mol. The van der Waals surface area contributed by atoms with Gasteiger partial charge in [-0.15, -0.1) is 0 Å². The zero-order chi connectivity index (χ0) is 15.7. The molecular weight excluding hydrogens is 288 g/mol. The van der Waals surface area contributed by atoms with Gasteiger partial charge in [0.1, 0.15) is 0 Å². The van der Waals surface area contributed by atoms with Crippen LogP contribution in [0.25, 0.3) is 6.08 Å². The van der Waals surface area contributed by atoms with Crippen LogP contribution in [0.2, 0.25) is 0 Å². The lowest BCUT2D eigenvalue weighted by atomic mass is 10.2. The molecule has 112 valence electrons. The van der Waals surface area contributed by atoms with Gasteiger partial charge in [-0.05, 0) is 41.9 Å². The van der Waals surface area contributed by atoms with Crippen LogP contribution in [0.1, 0.15) is 19.4 Å². The summed E-state index contributed by atoms with van der Waals surface area (Å²) < 4.78 is 0. The van der Waals surface area contributed by atoms with Gasteiger partial charge in [-0.3, -0.25) is 15.5 Å². The van der Waals surface area contributed by atoms with Crippen molar-refractivity contribution in [1.29, 1.82) is 0 Å². The number of thiocarbonyl (C=S) groups is 1. The normalized spacial score (nSPS) is 11.2. The van der Waals surface area contributed by atoms with Gasteiger partial charge < -0.3 is 5.32 Å². The molecule has 0 saturated heterocycles. The Morgan fingerprint density at radius 1 is 1.43 bits per heavy atom. The van der Waals surface area contributed by atoms with Crippen molar-refractivity contribution in [3.05, 3.63) is 46.0 Å². The van der Waals surface area contributed by atoms with Gasteiger partial charge in [0.05, 0.1) is 4.92 Å². The van der Waals surface area contributed by atoms with E-state index in [9.17, 15) is 10.1 Å². The highest BCUT2D eigenvalue weighted by atomic mass is 32.1. The number of benzene rings is 1. The summed E-state index contributed by atoms with van der Waals surface area (Å²) in [6, 6.07) is 6.26. The summed E-state index contributed by atoms with van der Waals surface area (Å²) in [6.45, 7) is 4.97. The predicted octanol–water partition coefficient (Wildman–Crippen LogP) is 2.71. The molecule has 7 heteroatoms. The van der Waals surface area contributed by atoms with E-state index in [1.807, 2.05) is 0 Å². The maximum Gasteiger partial charge on any atom is 0.269 e. The number of rotatable bonds is 6. The van der Waals surface area contributed by atoms with Gasteiger partial charge in [-0.1, -0.05) is 19.9 Å². The number of nitrogens with one attached hydrogen (secondary N) is 2. The fourth-order valence-electron chi connectivity index (χ4n) is 1.34. The smallest absolute Gasteiger partial charge is 0.269 e. The second-order valence-electron chi connectivity index (χ2n) is 4.70. The number of hydrogen-bond donors (Lipinski definition) is 2. The molecule has 1 rings (SSSR count). The van der Waals surface area contributed by atoms with Crippen molar-refractivity contribution in [3.63, 3.8) is 0 Å². The summed E-state index contributed by atoms with van der Waals surface area (Å²) in [4.78, 5) is 10.1. The van der Waals surface area contributed by atoms with E-state index in [1.54, 1.807) is 30.5 Å². The molecule has 0 spiro atoms. The maximum atomic E-state index is 10.5. The van der Waals surface area contributed by atoms with Crippen LogP contribution in [0.3, 0.4) is 0 Å². The summed E-state index contributed by atoms with van der Waals surface area (Å²) in [6.07, 6.45) is 5.07. The Hall–Kier alpha value is -2.28. The molecule has 0 aliphatic rings. The van der Waals surface area contributed by atoms with Crippen LogP contribution in [0, 0.1) is 16.0 Å². The number of allylic oxidation sites excluding steroid dienone is 1. The van der Waals surface area contributed by atoms with Crippen molar-refractivity contribution in [2.24, 2.45) is 11.0 Å². The number of hydrazone groups is 1. The first-order valence-corrected chi connectivity index (χ1v) is 6.88. The van der Waals surface area contributed by atoms with E-state index in [1.165, 1.54) is 12.1 Å². The summed E-state index contributed by atoms with van der Waals surface area (Å²) in [5.41, 5.74) is 3.62. The lowest BCUT2D eigenvalue weighted by Gasteiger charge is -2.08. The third kappa shape index (κ3) is 7.17. The van der Waals surface area contributed by atoms with E-state index in [4.69, 9.17) is 12.2 Å². The molecule has 0 radical (unpaired) electrons. The molecular formula is C14H18N4O2S. The molecule has 0 atom stereocenters. The zero-order valence-electron chi connectivity index (χ0n) is 11.9. The molecule has 0 aliphatic heterocycles. The van der Waals surface area contributed by atoms with Gasteiger partial charge >= 0.3 is 0 Å². The van der Waals surface area contributed by atoms with Crippen LogP contribution in [-0.2, 0) is 0 Å². The Kier molecular flexibility index (Phi) is 7.03. The molecule has 0 fully saturated rings. The van der Waals surface area contributed by atoms with Crippen LogP contribution < -0.4 is 10.7 Å².